The summed E-state index contributed by atoms with van der Waals surface area (Å²) >= 11 is 1.21. The van der Waals surface area contributed by atoms with E-state index >= 15 is 0 Å². The molecule has 0 saturated carbocycles. The smallest absolute Gasteiger partial charge is 0.203 e. The number of halogens is 4. The third-order valence-electron chi connectivity index (χ3n) is 3.04. The van der Waals surface area contributed by atoms with Crippen molar-refractivity contribution in [1.29, 1.82) is 0 Å². The Balaban J connectivity index is 1.70. The molecule has 0 spiro atoms. The van der Waals surface area contributed by atoms with Crippen molar-refractivity contribution in [2.45, 2.75) is 0 Å². The number of hydrazone groups is 1. The van der Waals surface area contributed by atoms with E-state index in [0.29, 0.717) is 22.0 Å². The lowest BCUT2D eigenvalue weighted by atomic mass is 10.2. The molecule has 0 aliphatic rings. The Morgan fingerprint density at radius 2 is 1.62 bits per heavy atom. The van der Waals surface area contributed by atoms with E-state index in [1.165, 1.54) is 29.7 Å². The maximum atomic E-state index is 13.2. The van der Waals surface area contributed by atoms with Gasteiger partial charge in [0.2, 0.25) is 5.13 Å². The molecule has 0 aliphatic carbocycles. The average molecular weight is 351 g/mol. The van der Waals surface area contributed by atoms with Crippen LogP contribution in [-0.4, -0.2) is 11.2 Å². The van der Waals surface area contributed by atoms with Gasteiger partial charge in [-0.2, -0.15) is 5.10 Å². The zero-order valence-electron chi connectivity index (χ0n) is 11.9. The van der Waals surface area contributed by atoms with Crippen molar-refractivity contribution >= 4 is 22.7 Å². The van der Waals surface area contributed by atoms with E-state index in [0.717, 1.165) is 24.3 Å². The predicted octanol–water partition coefficient (Wildman–Crippen LogP) is 4.81. The fourth-order valence-corrected chi connectivity index (χ4v) is 2.54. The number of thiazole rings is 1. The summed E-state index contributed by atoms with van der Waals surface area (Å²) in [7, 11) is 0. The van der Waals surface area contributed by atoms with Crippen molar-refractivity contribution in [1.82, 2.24) is 4.98 Å². The van der Waals surface area contributed by atoms with Crippen molar-refractivity contribution in [3.63, 3.8) is 0 Å². The molecule has 122 valence electrons. The van der Waals surface area contributed by atoms with Crippen LogP contribution in [0.2, 0.25) is 0 Å². The van der Waals surface area contributed by atoms with E-state index in [1.54, 1.807) is 5.38 Å². The molecule has 0 saturated heterocycles. The topological polar surface area (TPSA) is 37.3 Å². The van der Waals surface area contributed by atoms with Crippen LogP contribution >= 0.6 is 11.3 Å². The molecule has 0 radical (unpaired) electrons. The van der Waals surface area contributed by atoms with E-state index in [4.69, 9.17) is 0 Å². The number of rotatable bonds is 4. The van der Waals surface area contributed by atoms with Crippen molar-refractivity contribution in [3.05, 3.63) is 70.6 Å². The van der Waals surface area contributed by atoms with Gasteiger partial charge >= 0.3 is 0 Å². The Hall–Kier alpha value is -2.74. The summed E-state index contributed by atoms with van der Waals surface area (Å²) in [4.78, 5) is 4.18. The molecular formula is C16H9F4N3S. The molecule has 0 unspecified atom stereocenters. The molecular weight excluding hydrogens is 342 g/mol. The second-order valence-electron chi connectivity index (χ2n) is 4.71. The van der Waals surface area contributed by atoms with Gasteiger partial charge in [-0.25, -0.2) is 22.5 Å². The maximum Gasteiger partial charge on any atom is 0.203 e. The van der Waals surface area contributed by atoms with Gasteiger partial charge in [-0.1, -0.05) is 6.07 Å². The first kappa shape index (κ1) is 16.1. The molecule has 1 heterocycles. The summed E-state index contributed by atoms with van der Waals surface area (Å²) in [6, 6.07) is 6.88. The Labute approximate surface area is 138 Å². The second kappa shape index (κ2) is 6.79. The fourth-order valence-electron chi connectivity index (χ4n) is 1.87. The lowest BCUT2D eigenvalue weighted by molar-refractivity contribution is 0.508. The van der Waals surface area contributed by atoms with E-state index in [1.807, 2.05) is 0 Å². The minimum absolute atomic E-state index is 0.374. The van der Waals surface area contributed by atoms with Crippen molar-refractivity contribution in [2.24, 2.45) is 5.10 Å². The molecule has 0 atom stereocenters. The standard InChI is InChI=1S/C16H9F4N3S/c17-11-3-1-9(5-13(11)19)7-21-23-16-22-15(8-24-16)10-2-4-12(18)14(20)6-10/h1-8H,(H,22,23). The normalized spacial score (nSPS) is 11.2. The third kappa shape index (κ3) is 3.60. The molecule has 2 aromatic carbocycles. The molecule has 3 rings (SSSR count). The van der Waals surface area contributed by atoms with Gasteiger partial charge in [0.1, 0.15) is 0 Å². The van der Waals surface area contributed by atoms with Gasteiger partial charge in [0, 0.05) is 10.9 Å². The molecule has 3 nitrogen and oxygen atoms in total. The van der Waals surface area contributed by atoms with Crippen LogP contribution in [0.4, 0.5) is 22.7 Å². The minimum atomic E-state index is -0.964. The first-order valence-electron chi connectivity index (χ1n) is 6.68. The van der Waals surface area contributed by atoms with Gasteiger partial charge < -0.3 is 0 Å². The van der Waals surface area contributed by atoms with Gasteiger partial charge in [-0.3, -0.25) is 5.43 Å². The van der Waals surface area contributed by atoms with Gasteiger partial charge in [-0.05, 0) is 35.9 Å². The van der Waals surface area contributed by atoms with Crippen LogP contribution in [-0.2, 0) is 0 Å². The third-order valence-corrected chi connectivity index (χ3v) is 3.78. The quantitative estimate of drug-likeness (QED) is 0.416. The zero-order chi connectivity index (χ0) is 17.1. The van der Waals surface area contributed by atoms with Gasteiger partial charge in [0.25, 0.3) is 0 Å². The number of hydrogen-bond donors (Lipinski definition) is 1. The van der Waals surface area contributed by atoms with Crippen LogP contribution in [0.1, 0.15) is 5.56 Å². The van der Waals surface area contributed by atoms with Crippen molar-refractivity contribution in [2.75, 3.05) is 5.43 Å². The Morgan fingerprint density at radius 3 is 2.33 bits per heavy atom. The van der Waals surface area contributed by atoms with Crippen LogP contribution in [0.3, 0.4) is 0 Å². The monoisotopic (exact) mass is 351 g/mol. The maximum absolute atomic E-state index is 13.2. The molecule has 1 aromatic heterocycles. The average Bonchev–Trinajstić information content (AvgIpc) is 3.02. The summed E-state index contributed by atoms with van der Waals surface area (Å²) in [6.07, 6.45) is 1.31. The number of nitrogens with zero attached hydrogens (tertiary/aromatic N) is 2. The SMILES string of the molecule is Fc1ccc(C=NNc2nc(-c3ccc(F)c(F)c3)cs2)cc1F. The lowest BCUT2D eigenvalue weighted by Crippen LogP contribution is -1.92. The van der Waals surface area contributed by atoms with Gasteiger partial charge in [0.15, 0.2) is 23.3 Å². The first-order chi connectivity index (χ1) is 11.5. The number of nitrogens with one attached hydrogen (secondary N) is 1. The van der Waals surface area contributed by atoms with Crippen LogP contribution < -0.4 is 5.43 Å². The highest BCUT2D eigenvalue weighted by molar-refractivity contribution is 7.14. The molecule has 0 fully saturated rings. The fraction of sp³-hybridized carbons (Fsp3) is 0. The van der Waals surface area contributed by atoms with Crippen LogP contribution in [0.25, 0.3) is 11.3 Å². The molecule has 24 heavy (non-hydrogen) atoms. The number of anilines is 1. The molecule has 8 heteroatoms. The van der Waals surface area contributed by atoms with Crippen molar-refractivity contribution in [3.8, 4) is 11.3 Å². The van der Waals surface area contributed by atoms with E-state index < -0.39 is 23.3 Å². The summed E-state index contributed by atoms with van der Waals surface area (Å²) in [5.41, 5.74) is 3.91. The molecule has 0 bridgehead atoms. The lowest BCUT2D eigenvalue weighted by Gasteiger charge is -1.98. The second-order valence-corrected chi connectivity index (χ2v) is 5.57. The zero-order valence-corrected chi connectivity index (χ0v) is 12.7. The summed E-state index contributed by atoms with van der Waals surface area (Å²) < 4.78 is 52.0. The molecule has 1 N–H and O–H groups in total. The predicted molar refractivity (Wildman–Crippen MR) is 85.0 cm³/mol. The van der Waals surface area contributed by atoms with Crippen LogP contribution in [0.5, 0.6) is 0 Å². The minimum Gasteiger partial charge on any atom is -0.253 e. The summed E-state index contributed by atoms with van der Waals surface area (Å²) in [5.74, 6) is -3.78. The molecule has 0 aliphatic heterocycles. The van der Waals surface area contributed by atoms with Crippen LogP contribution in [0.15, 0.2) is 46.9 Å². The van der Waals surface area contributed by atoms with E-state index in [9.17, 15) is 17.6 Å². The highest BCUT2D eigenvalue weighted by Gasteiger charge is 2.08. The van der Waals surface area contributed by atoms with Gasteiger partial charge in [0.05, 0.1) is 11.9 Å². The summed E-state index contributed by atoms with van der Waals surface area (Å²) in [5, 5.41) is 5.94. The molecule has 0 amide bonds. The van der Waals surface area contributed by atoms with Gasteiger partial charge in [-0.15, -0.1) is 11.3 Å². The van der Waals surface area contributed by atoms with E-state index in [-0.39, 0.29) is 0 Å². The Morgan fingerprint density at radius 1 is 0.917 bits per heavy atom. The highest BCUT2D eigenvalue weighted by Crippen LogP contribution is 2.26. The Kier molecular flexibility index (Phi) is 4.57. The molecule has 3 aromatic rings. The van der Waals surface area contributed by atoms with Crippen molar-refractivity contribution < 1.29 is 17.6 Å². The highest BCUT2D eigenvalue weighted by atomic mass is 32.1. The first-order valence-corrected chi connectivity index (χ1v) is 7.56. The number of benzene rings is 2. The number of aromatic nitrogens is 1. The largest absolute Gasteiger partial charge is 0.253 e. The summed E-state index contributed by atoms with van der Waals surface area (Å²) in [6.45, 7) is 0. The van der Waals surface area contributed by atoms with Crippen LogP contribution in [0, 0.1) is 23.3 Å². The van der Waals surface area contributed by atoms with E-state index in [2.05, 4.69) is 15.5 Å². The Bertz CT molecular complexity index is 908. The number of hydrogen-bond acceptors (Lipinski definition) is 4.